The van der Waals surface area contributed by atoms with E-state index in [9.17, 15) is 13.9 Å². The Morgan fingerprint density at radius 2 is 2.16 bits per heavy atom. The Hall–Kier alpha value is -1.20. The van der Waals surface area contributed by atoms with Gasteiger partial charge in [-0.1, -0.05) is 18.2 Å². The number of para-hydroxylation sites is 1. The van der Waals surface area contributed by atoms with Gasteiger partial charge in [-0.2, -0.15) is 0 Å². The van der Waals surface area contributed by atoms with E-state index in [0.717, 1.165) is 11.3 Å². The number of benzene rings is 1. The Balaban J connectivity index is 1.76. The summed E-state index contributed by atoms with van der Waals surface area (Å²) in [7, 11) is 0. The van der Waals surface area contributed by atoms with Crippen LogP contribution in [0.5, 0.6) is 5.75 Å². The van der Waals surface area contributed by atoms with Crippen molar-refractivity contribution in [3.05, 3.63) is 29.8 Å². The smallest absolute Gasteiger partial charge is 0.253 e. The minimum atomic E-state index is -2.33. The third kappa shape index (κ3) is 3.64. The quantitative estimate of drug-likeness (QED) is 0.860. The highest BCUT2D eigenvalue weighted by Gasteiger charge is 2.36. The second-order valence-electron chi connectivity index (χ2n) is 4.92. The first-order valence-corrected chi connectivity index (χ1v) is 6.46. The van der Waals surface area contributed by atoms with Crippen LogP contribution in [0.3, 0.4) is 0 Å². The first kappa shape index (κ1) is 14.2. The summed E-state index contributed by atoms with van der Waals surface area (Å²) in [6.45, 7) is 2.90. The molecule has 19 heavy (non-hydrogen) atoms. The number of nitrogens with zero attached hydrogens (tertiary/aromatic N) is 1. The van der Waals surface area contributed by atoms with Gasteiger partial charge < -0.3 is 9.84 Å². The number of alkyl halides is 2. The molecule has 1 aromatic carbocycles. The Bertz CT molecular complexity index is 414. The summed E-state index contributed by atoms with van der Waals surface area (Å²) in [5.74, 6) is 0.718. The highest BCUT2D eigenvalue weighted by molar-refractivity contribution is 5.31. The fraction of sp³-hybridized carbons (Fsp3) is 0.571. The van der Waals surface area contributed by atoms with E-state index in [-0.39, 0.29) is 13.2 Å². The number of aliphatic hydroxyl groups excluding tert-OH is 1. The number of ether oxygens (including phenoxy) is 1. The highest BCUT2D eigenvalue weighted by atomic mass is 19.3. The molecule has 1 aromatic rings. The molecule has 2 unspecified atom stereocenters. The van der Waals surface area contributed by atoms with Crippen LogP contribution in [0, 0.1) is 6.92 Å². The van der Waals surface area contributed by atoms with Crippen LogP contribution < -0.4 is 4.74 Å². The fourth-order valence-corrected chi connectivity index (χ4v) is 2.20. The molecule has 0 bridgehead atoms. The van der Waals surface area contributed by atoms with Crippen LogP contribution >= 0.6 is 0 Å². The zero-order chi connectivity index (χ0) is 13.8. The van der Waals surface area contributed by atoms with Crippen molar-refractivity contribution >= 4 is 0 Å². The molecule has 1 N–H and O–H groups in total. The lowest BCUT2D eigenvalue weighted by Crippen LogP contribution is -2.54. The van der Waals surface area contributed by atoms with Crippen molar-refractivity contribution in [3.63, 3.8) is 0 Å². The summed E-state index contributed by atoms with van der Waals surface area (Å²) >= 11 is 0. The molecule has 0 aromatic heterocycles. The zero-order valence-electron chi connectivity index (χ0n) is 10.9. The minimum Gasteiger partial charge on any atom is -0.491 e. The summed E-state index contributed by atoms with van der Waals surface area (Å²) in [5, 5.41) is 9.82. The van der Waals surface area contributed by atoms with Crippen molar-refractivity contribution in [1.82, 2.24) is 4.90 Å². The largest absolute Gasteiger partial charge is 0.491 e. The topological polar surface area (TPSA) is 32.7 Å². The summed E-state index contributed by atoms with van der Waals surface area (Å²) in [6.07, 6.45) is -2.58. The molecule has 0 saturated carbocycles. The second kappa shape index (κ2) is 6.30. The van der Waals surface area contributed by atoms with Gasteiger partial charge in [-0.25, -0.2) is 8.78 Å². The van der Waals surface area contributed by atoms with Gasteiger partial charge in [0.25, 0.3) is 6.43 Å². The molecule has 1 saturated heterocycles. The summed E-state index contributed by atoms with van der Waals surface area (Å²) < 4.78 is 30.6. The third-order valence-corrected chi connectivity index (χ3v) is 3.44. The maximum absolute atomic E-state index is 12.5. The molecule has 0 amide bonds. The molecule has 0 aliphatic carbocycles. The van der Waals surface area contributed by atoms with Gasteiger partial charge in [0.1, 0.15) is 18.5 Å². The number of aryl methyl sites for hydroxylation is 1. The van der Waals surface area contributed by atoms with E-state index in [4.69, 9.17) is 4.74 Å². The van der Waals surface area contributed by atoms with Gasteiger partial charge in [-0.3, -0.25) is 4.90 Å². The van der Waals surface area contributed by atoms with Crippen molar-refractivity contribution in [1.29, 1.82) is 0 Å². The Kier molecular flexibility index (Phi) is 4.71. The van der Waals surface area contributed by atoms with Crippen LogP contribution in [0.1, 0.15) is 12.0 Å². The number of rotatable bonds is 6. The minimum absolute atomic E-state index is 0.122. The van der Waals surface area contributed by atoms with E-state index in [2.05, 4.69) is 0 Å². The predicted octanol–water partition coefficient (Wildman–Crippen LogP) is 2.07. The van der Waals surface area contributed by atoms with E-state index < -0.39 is 18.6 Å². The van der Waals surface area contributed by atoms with Crippen LogP contribution in [0.2, 0.25) is 0 Å². The highest BCUT2D eigenvalue weighted by Crippen LogP contribution is 2.23. The van der Waals surface area contributed by atoms with Gasteiger partial charge in [0.2, 0.25) is 0 Å². The second-order valence-corrected chi connectivity index (χ2v) is 4.92. The molecule has 0 spiro atoms. The molecule has 5 heteroatoms. The lowest BCUT2D eigenvalue weighted by atomic mass is 10.0. The van der Waals surface area contributed by atoms with Gasteiger partial charge in [-0.05, 0) is 25.0 Å². The van der Waals surface area contributed by atoms with E-state index in [1.54, 1.807) is 4.90 Å². The summed E-state index contributed by atoms with van der Waals surface area (Å²) in [5.41, 5.74) is 0.990. The number of likely N-dealkylation sites (tertiary alicyclic amines) is 1. The number of β-amino-alcohol motifs (C(OH)–C–C–N with tert-alkyl or cyclic N) is 1. The van der Waals surface area contributed by atoms with Crippen LogP contribution in [0.4, 0.5) is 8.78 Å². The Labute approximate surface area is 111 Å². The molecule has 1 aliphatic rings. The van der Waals surface area contributed by atoms with Crippen LogP contribution in [-0.2, 0) is 0 Å². The number of hydrogen-bond acceptors (Lipinski definition) is 3. The number of hydrogen-bond donors (Lipinski definition) is 1. The monoisotopic (exact) mass is 271 g/mol. The molecule has 1 aliphatic heterocycles. The lowest BCUT2D eigenvalue weighted by molar-refractivity contribution is -0.0578. The van der Waals surface area contributed by atoms with Crippen LogP contribution in [0.25, 0.3) is 0 Å². The molecule has 2 atom stereocenters. The lowest BCUT2D eigenvalue weighted by Gasteiger charge is -2.41. The molecule has 1 heterocycles. The molecule has 106 valence electrons. The normalized spacial score (nSPS) is 21.2. The molecule has 2 rings (SSSR count). The van der Waals surface area contributed by atoms with Crippen molar-refractivity contribution < 1.29 is 18.6 Å². The SMILES string of the molecule is Cc1ccccc1OCC(O)CN1CCC1C(F)F. The Morgan fingerprint density at radius 3 is 2.74 bits per heavy atom. The fourth-order valence-electron chi connectivity index (χ4n) is 2.20. The summed E-state index contributed by atoms with van der Waals surface area (Å²) in [6, 6.07) is 6.81. The van der Waals surface area contributed by atoms with E-state index in [1.807, 2.05) is 31.2 Å². The maximum atomic E-state index is 12.5. The predicted molar refractivity (Wildman–Crippen MR) is 68.7 cm³/mol. The molecular weight excluding hydrogens is 252 g/mol. The van der Waals surface area contributed by atoms with Gasteiger partial charge in [0, 0.05) is 13.1 Å². The van der Waals surface area contributed by atoms with Crippen molar-refractivity contribution in [2.75, 3.05) is 19.7 Å². The summed E-state index contributed by atoms with van der Waals surface area (Å²) in [4.78, 5) is 1.61. The third-order valence-electron chi connectivity index (χ3n) is 3.44. The van der Waals surface area contributed by atoms with Crippen molar-refractivity contribution in [2.45, 2.75) is 31.9 Å². The first-order chi connectivity index (χ1) is 9.08. The van der Waals surface area contributed by atoms with Gasteiger partial charge in [0.05, 0.1) is 6.04 Å². The number of aliphatic hydroxyl groups is 1. The Morgan fingerprint density at radius 1 is 1.42 bits per heavy atom. The van der Waals surface area contributed by atoms with E-state index >= 15 is 0 Å². The van der Waals surface area contributed by atoms with Crippen LogP contribution in [0.15, 0.2) is 24.3 Å². The molecule has 0 radical (unpaired) electrons. The molecule has 3 nitrogen and oxygen atoms in total. The maximum Gasteiger partial charge on any atom is 0.253 e. The average molecular weight is 271 g/mol. The van der Waals surface area contributed by atoms with Gasteiger partial charge >= 0.3 is 0 Å². The van der Waals surface area contributed by atoms with Gasteiger partial charge in [0.15, 0.2) is 0 Å². The standard InChI is InChI=1S/C14H19F2NO2/c1-10-4-2-3-5-13(10)19-9-11(18)8-17-7-6-12(17)14(15)16/h2-5,11-12,14,18H,6-9H2,1H3. The van der Waals surface area contributed by atoms with Gasteiger partial charge in [-0.15, -0.1) is 0 Å². The molecular formula is C14H19F2NO2. The van der Waals surface area contributed by atoms with Crippen LogP contribution in [-0.4, -0.2) is 48.3 Å². The number of halogens is 2. The van der Waals surface area contributed by atoms with Crippen molar-refractivity contribution in [2.24, 2.45) is 0 Å². The van der Waals surface area contributed by atoms with E-state index in [0.29, 0.717) is 13.0 Å². The average Bonchev–Trinajstić information content (AvgIpc) is 2.33. The zero-order valence-corrected chi connectivity index (χ0v) is 10.9. The first-order valence-electron chi connectivity index (χ1n) is 6.46. The van der Waals surface area contributed by atoms with Crippen molar-refractivity contribution in [3.8, 4) is 5.75 Å². The molecule has 1 fully saturated rings. The van der Waals surface area contributed by atoms with E-state index in [1.165, 1.54) is 0 Å².